The lowest BCUT2D eigenvalue weighted by Crippen LogP contribution is -2.32. The Labute approximate surface area is 179 Å². The van der Waals surface area contributed by atoms with Crippen molar-refractivity contribution < 1.29 is 34.8 Å². The summed E-state index contributed by atoms with van der Waals surface area (Å²) in [5, 5.41) is 33.7. The van der Waals surface area contributed by atoms with Gasteiger partial charge >= 0.3 is 17.9 Å². The van der Waals surface area contributed by atoms with Crippen LogP contribution in [0.3, 0.4) is 0 Å². The van der Waals surface area contributed by atoms with Crippen molar-refractivity contribution in [3.05, 3.63) is 29.8 Å². The lowest BCUT2D eigenvalue weighted by molar-refractivity contribution is -0.139. The molecule has 31 heavy (non-hydrogen) atoms. The van der Waals surface area contributed by atoms with Gasteiger partial charge in [-0.25, -0.2) is 0 Å². The molecular weight excluding hydrogens is 412 g/mol. The van der Waals surface area contributed by atoms with Crippen molar-refractivity contribution in [3.63, 3.8) is 0 Å². The summed E-state index contributed by atoms with van der Waals surface area (Å²) in [7, 11) is 0. The van der Waals surface area contributed by atoms with Gasteiger partial charge in [0.1, 0.15) is 23.9 Å². The summed E-state index contributed by atoms with van der Waals surface area (Å²) in [4.78, 5) is 33.9. The van der Waals surface area contributed by atoms with E-state index in [-0.39, 0.29) is 18.1 Å². The van der Waals surface area contributed by atoms with Crippen LogP contribution in [0.4, 0.5) is 0 Å². The van der Waals surface area contributed by atoms with E-state index in [2.05, 4.69) is 4.99 Å². The predicted molar refractivity (Wildman–Crippen MR) is 114 cm³/mol. The summed E-state index contributed by atoms with van der Waals surface area (Å²) in [5.74, 6) is -2.81. The van der Waals surface area contributed by atoms with E-state index in [1.165, 1.54) is 19.1 Å². The lowest BCUT2D eigenvalue weighted by Gasteiger charge is -2.05. The molecule has 13 heteroatoms. The predicted octanol–water partition coefficient (Wildman–Crippen LogP) is -1.78. The fourth-order valence-corrected chi connectivity index (χ4v) is 1.62. The number of phenolic OH excluding ortho intramolecular Hbond substituents is 1. The Morgan fingerprint density at radius 3 is 1.71 bits per heavy atom. The maximum Gasteiger partial charge on any atom is 0.320 e. The standard InChI is InChI=1S/C9H11NO3.C6H14N4O2.C3H7NO2/c10-8(9(12)13)5-6-1-3-7(11)4-2-6;7-4(5(11)12)2-1-3-10-6(8)9;1-2(4)3(5)6/h1-4,8,11H,5,10H2,(H,12,13);4H,1-3,7H2,(H,11,12)(H4,8,9,10);2H,4H2,1H3,(H,5,6). The maximum absolute atomic E-state index is 10.4. The van der Waals surface area contributed by atoms with E-state index in [0.29, 0.717) is 19.4 Å². The van der Waals surface area contributed by atoms with Gasteiger partial charge in [0.25, 0.3) is 0 Å². The normalized spacial score (nSPS) is 12.5. The highest BCUT2D eigenvalue weighted by atomic mass is 16.4. The van der Waals surface area contributed by atoms with Crippen LogP contribution in [-0.2, 0) is 20.8 Å². The molecule has 0 saturated carbocycles. The van der Waals surface area contributed by atoms with E-state index in [1.807, 2.05) is 0 Å². The highest BCUT2D eigenvalue weighted by Gasteiger charge is 2.11. The number of aromatic hydroxyl groups is 1. The molecule has 1 rings (SSSR count). The Hall–Kier alpha value is -3.42. The van der Waals surface area contributed by atoms with Crippen molar-refractivity contribution in [2.24, 2.45) is 33.7 Å². The molecule has 0 aliphatic rings. The van der Waals surface area contributed by atoms with Gasteiger partial charge in [-0.1, -0.05) is 12.1 Å². The zero-order chi connectivity index (χ0) is 24.6. The first kappa shape index (κ1) is 29.8. The molecule has 0 spiro atoms. The van der Waals surface area contributed by atoms with E-state index in [1.54, 1.807) is 12.1 Å². The first-order valence-corrected chi connectivity index (χ1v) is 9.06. The number of nitrogens with zero attached hydrogens (tertiary/aromatic N) is 1. The third-order valence-electron chi connectivity index (χ3n) is 3.38. The third-order valence-corrected chi connectivity index (χ3v) is 3.38. The molecule has 0 bridgehead atoms. The van der Waals surface area contributed by atoms with Crippen molar-refractivity contribution in [2.45, 2.75) is 44.3 Å². The van der Waals surface area contributed by atoms with Crippen LogP contribution < -0.4 is 28.7 Å². The highest BCUT2D eigenvalue weighted by Crippen LogP contribution is 2.10. The van der Waals surface area contributed by atoms with Crippen molar-refractivity contribution in [1.82, 2.24) is 0 Å². The molecule has 1 aromatic carbocycles. The van der Waals surface area contributed by atoms with Crippen LogP contribution in [0.1, 0.15) is 25.3 Å². The van der Waals surface area contributed by atoms with Gasteiger partial charge in [0.2, 0.25) is 0 Å². The van der Waals surface area contributed by atoms with Gasteiger partial charge in [-0.05, 0) is 43.9 Å². The van der Waals surface area contributed by atoms with Gasteiger partial charge in [0.05, 0.1) is 0 Å². The van der Waals surface area contributed by atoms with E-state index in [0.717, 1.165) is 5.56 Å². The molecule has 1 aromatic rings. The van der Waals surface area contributed by atoms with Gasteiger partial charge in [0, 0.05) is 6.54 Å². The number of hydrogen-bond donors (Lipinski definition) is 9. The van der Waals surface area contributed by atoms with Gasteiger partial charge in [-0.3, -0.25) is 19.4 Å². The summed E-state index contributed by atoms with van der Waals surface area (Å²) in [6.45, 7) is 1.84. The van der Waals surface area contributed by atoms with Crippen LogP contribution in [0, 0.1) is 0 Å². The average molecular weight is 444 g/mol. The Morgan fingerprint density at radius 2 is 1.35 bits per heavy atom. The summed E-state index contributed by atoms with van der Waals surface area (Å²) in [5.41, 5.74) is 26.3. The molecule has 0 aliphatic heterocycles. The minimum atomic E-state index is -1.02. The molecule has 0 aliphatic carbocycles. The maximum atomic E-state index is 10.4. The molecule has 0 radical (unpaired) electrons. The number of benzene rings is 1. The molecule has 0 amide bonds. The number of guanidine groups is 1. The number of carbonyl (C=O) groups is 3. The fourth-order valence-electron chi connectivity index (χ4n) is 1.62. The van der Waals surface area contributed by atoms with Crippen LogP contribution in [0.2, 0.25) is 0 Å². The monoisotopic (exact) mass is 444 g/mol. The minimum Gasteiger partial charge on any atom is -0.508 e. The molecule has 13 nitrogen and oxygen atoms in total. The number of nitrogens with two attached hydrogens (primary N) is 5. The van der Waals surface area contributed by atoms with E-state index in [9.17, 15) is 14.4 Å². The second kappa shape index (κ2) is 16.4. The quantitative estimate of drug-likeness (QED) is 0.116. The van der Waals surface area contributed by atoms with Crippen molar-refractivity contribution >= 4 is 23.9 Å². The average Bonchev–Trinajstić information content (AvgIpc) is 2.67. The van der Waals surface area contributed by atoms with Crippen molar-refractivity contribution in [3.8, 4) is 5.75 Å². The minimum absolute atomic E-state index is 0.0129. The molecule has 3 unspecified atom stereocenters. The van der Waals surface area contributed by atoms with Gasteiger partial charge in [0.15, 0.2) is 5.96 Å². The van der Waals surface area contributed by atoms with E-state index < -0.39 is 36.0 Å². The highest BCUT2D eigenvalue weighted by molar-refractivity contribution is 5.75. The van der Waals surface area contributed by atoms with E-state index in [4.69, 9.17) is 49.1 Å². The van der Waals surface area contributed by atoms with E-state index >= 15 is 0 Å². The molecular formula is C18H32N6O7. The smallest absolute Gasteiger partial charge is 0.320 e. The third kappa shape index (κ3) is 18.4. The van der Waals surface area contributed by atoms with Gasteiger partial charge < -0.3 is 49.1 Å². The lowest BCUT2D eigenvalue weighted by atomic mass is 10.1. The van der Waals surface area contributed by atoms with Gasteiger partial charge in [-0.2, -0.15) is 0 Å². The number of carboxylic acids is 3. The first-order valence-electron chi connectivity index (χ1n) is 9.06. The fraction of sp³-hybridized carbons (Fsp3) is 0.444. The Kier molecular flexibility index (Phi) is 15.7. The molecule has 176 valence electrons. The zero-order valence-corrected chi connectivity index (χ0v) is 17.2. The number of rotatable bonds is 9. The van der Waals surface area contributed by atoms with Crippen LogP contribution in [0.5, 0.6) is 5.75 Å². The number of aliphatic carboxylic acids is 3. The largest absolute Gasteiger partial charge is 0.508 e. The zero-order valence-electron chi connectivity index (χ0n) is 17.2. The van der Waals surface area contributed by atoms with Gasteiger partial charge in [-0.15, -0.1) is 0 Å². The second-order valence-corrected chi connectivity index (χ2v) is 6.34. The van der Waals surface area contributed by atoms with Crippen LogP contribution in [-0.4, -0.2) is 69.0 Å². The molecule has 0 aromatic heterocycles. The summed E-state index contributed by atoms with van der Waals surface area (Å²) in [6, 6.07) is 3.87. The Morgan fingerprint density at radius 1 is 0.903 bits per heavy atom. The molecule has 0 heterocycles. The van der Waals surface area contributed by atoms with Crippen molar-refractivity contribution in [1.29, 1.82) is 0 Å². The summed E-state index contributed by atoms with van der Waals surface area (Å²) < 4.78 is 0. The topological polar surface area (TPSA) is 275 Å². The second-order valence-electron chi connectivity index (χ2n) is 6.34. The SMILES string of the molecule is CC(N)C(=O)O.NC(Cc1ccc(O)cc1)C(=O)O.NC(N)=NCCCC(N)C(=O)O. The van der Waals surface area contributed by atoms with Crippen LogP contribution in [0.25, 0.3) is 0 Å². The van der Waals surface area contributed by atoms with Crippen LogP contribution >= 0.6 is 0 Å². The molecule has 0 fully saturated rings. The summed E-state index contributed by atoms with van der Waals surface area (Å²) >= 11 is 0. The number of carboxylic acid groups (broad SMARTS) is 3. The first-order chi connectivity index (χ1) is 14.3. The number of aliphatic imine (C=N–C) groups is 1. The van der Waals surface area contributed by atoms with Crippen LogP contribution in [0.15, 0.2) is 29.3 Å². The molecule has 3 atom stereocenters. The molecule has 0 saturated heterocycles. The Bertz CT molecular complexity index is 706. The molecule has 14 N–H and O–H groups in total. The Balaban J connectivity index is 0. The number of phenols is 1. The van der Waals surface area contributed by atoms with Crippen molar-refractivity contribution in [2.75, 3.05) is 6.54 Å². The number of hydrogen-bond acceptors (Lipinski definition) is 8. The summed E-state index contributed by atoms with van der Waals surface area (Å²) in [6.07, 6.45) is 1.23.